The number of halogens is 3. The molecular weight excluding hydrogens is 457 g/mol. The number of alkyl halides is 3. The lowest BCUT2D eigenvalue weighted by Gasteiger charge is -2.36. The molecule has 0 unspecified atom stereocenters. The summed E-state index contributed by atoms with van der Waals surface area (Å²) >= 11 is 0. The predicted molar refractivity (Wildman–Crippen MR) is 129 cm³/mol. The number of ether oxygens (including phenoxy) is 1. The highest BCUT2D eigenvalue weighted by atomic mass is 19.4. The Bertz CT molecular complexity index is 1030. The van der Waals surface area contributed by atoms with Gasteiger partial charge in [0.2, 0.25) is 0 Å². The van der Waals surface area contributed by atoms with Gasteiger partial charge in [0.05, 0.1) is 6.54 Å². The number of para-hydroxylation sites is 1. The third-order valence-electron chi connectivity index (χ3n) is 6.21. The number of hydrogen-bond donors (Lipinski definition) is 0. The van der Waals surface area contributed by atoms with Gasteiger partial charge in [-0.3, -0.25) is 9.80 Å². The molecule has 4 rings (SSSR count). The fourth-order valence-corrected chi connectivity index (χ4v) is 4.31. The summed E-state index contributed by atoms with van der Waals surface area (Å²) in [6.07, 6.45) is -3.64. The minimum absolute atomic E-state index is 0.261. The van der Waals surface area contributed by atoms with Crippen molar-refractivity contribution >= 4 is 5.69 Å². The second-order valence-electron chi connectivity index (χ2n) is 8.64. The molecule has 0 radical (unpaired) electrons. The highest BCUT2D eigenvalue weighted by Gasteiger charge is 2.31. The van der Waals surface area contributed by atoms with Gasteiger partial charge in [-0.25, -0.2) is 0 Å². The molecular formula is C26H31F3N4O2. The Hall–Kier alpha value is -3.04. The van der Waals surface area contributed by atoms with E-state index >= 15 is 0 Å². The summed E-state index contributed by atoms with van der Waals surface area (Å²) in [6, 6.07) is 18.0. The van der Waals surface area contributed by atoms with E-state index < -0.39 is 6.36 Å². The van der Waals surface area contributed by atoms with E-state index in [0.717, 1.165) is 58.0 Å². The molecule has 0 N–H and O–H groups in total. The van der Waals surface area contributed by atoms with Crippen LogP contribution in [0.15, 0.2) is 65.2 Å². The van der Waals surface area contributed by atoms with E-state index in [4.69, 9.17) is 4.52 Å². The predicted octanol–water partition coefficient (Wildman–Crippen LogP) is 5.27. The molecule has 2 aromatic carbocycles. The van der Waals surface area contributed by atoms with Crippen LogP contribution in [-0.2, 0) is 6.54 Å². The first-order valence-electron chi connectivity index (χ1n) is 12.0. The normalized spacial score (nSPS) is 15.1. The maximum Gasteiger partial charge on any atom is 0.573 e. The van der Waals surface area contributed by atoms with Crippen molar-refractivity contribution in [3.05, 3.63) is 66.4 Å². The average Bonchev–Trinajstić information content (AvgIpc) is 3.32. The molecule has 9 heteroatoms. The van der Waals surface area contributed by atoms with E-state index in [9.17, 15) is 13.2 Å². The number of piperazine rings is 1. The number of anilines is 1. The van der Waals surface area contributed by atoms with Gasteiger partial charge in [-0.15, -0.1) is 13.2 Å². The quantitative estimate of drug-likeness (QED) is 0.387. The second kappa shape index (κ2) is 11.6. The summed E-state index contributed by atoms with van der Waals surface area (Å²) in [5, 5.41) is 4.09. The van der Waals surface area contributed by atoms with Crippen molar-refractivity contribution < 1.29 is 22.4 Å². The number of aromatic nitrogens is 1. The van der Waals surface area contributed by atoms with Gasteiger partial charge < -0.3 is 14.2 Å². The van der Waals surface area contributed by atoms with E-state index in [-0.39, 0.29) is 5.75 Å². The van der Waals surface area contributed by atoms with Crippen molar-refractivity contribution in [1.82, 2.24) is 15.0 Å². The van der Waals surface area contributed by atoms with E-state index in [2.05, 4.69) is 55.8 Å². The minimum Gasteiger partial charge on any atom is -0.406 e. The van der Waals surface area contributed by atoms with Crippen molar-refractivity contribution in [3.63, 3.8) is 0 Å². The molecule has 0 spiro atoms. The van der Waals surface area contributed by atoms with Crippen LogP contribution in [0.1, 0.15) is 19.1 Å². The van der Waals surface area contributed by atoms with Crippen LogP contribution in [0.3, 0.4) is 0 Å². The molecule has 1 aliphatic heterocycles. The molecule has 0 bridgehead atoms. The first-order valence-corrected chi connectivity index (χ1v) is 12.0. The summed E-state index contributed by atoms with van der Waals surface area (Å²) in [4.78, 5) is 7.27. The molecule has 35 heavy (non-hydrogen) atoms. The van der Waals surface area contributed by atoms with Crippen LogP contribution in [0.4, 0.5) is 18.9 Å². The van der Waals surface area contributed by atoms with Gasteiger partial charge in [0.15, 0.2) is 5.76 Å². The maximum absolute atomic E-state index is 12.3. The molecule has 0 saturated carbocycles. The fraction of sp³-hybridized carbons (Fsp3) is 0.423. The van der Waals surface area contributed by atoms with Crippen LogP contribution < -0.4 is 9.64 Å². The molecule has 1 aromatic heterocycles. The zero-order valence-corrected chi connectivity index (χ0v) is 19.9. The fourth-order valence-electron chi connectivity index (χ4n) is 4.31. The standard InChI is InChI=1S/C26H31F3N4O2/c1-2-31(13-6-14-32-15-17-33(18-16-32)22-7-4-3-5-8-22)20-24-19-25(30-35-24)21-9-11-23(12-10-21)34-26(27,28)29/h3-5,7-12,19H,2,6,13-18,20H2,1H3. The zero-order valence-electron chi connectivity index (χ0n) is 19.9. The van der Waals surface area contributed by atoms with E-state index in [1.54, 1.807) is 0 Å². The maximum atomic E-state index is 12.3. The van der Waals surface area contributed by atoms with Crippen LogP contribution in [0.5, 0.6) is 5.75 Å². The summed E-state index contributed by atoms with van der Waals surface area (Å²) in [7, 11) is 0. The Morgan fingerprint density at radius 2 is 1.71 bits per heavy atom. The van der Waals surface area contributed by atoms with Gasteiger partial charge in [-0.2, -0.15) is 0 Å². The van der Waals surface area contributed by atoms with E-state index in [0.29, 0.717) is 17.8 Å². The van der Waals surface area contributed by atoms with E-state index in [1.807, 2.05) is 12.1 Å². The minimum atomic E-state index is -4.71. The Kier molecular flexibility index (Phi) is 8.30. The lowest BCUT2D eigenvalue weighted by atomic mass is 10.1. The van der Waals surface area contributed by atoms with Crippen molar-refractivity contribution in [2.45, 2.75) is 26.3 Å². The van der Waals surface area contributed by atoms with Crippen LogP contribution in [0, 0.1) is 0 Å². The summed E-state index contributed by atoms with van der Waals surface area (Å²) in [5.41, 5.74) is 2.56. The third kappa shape index (κ3) is 7.47. The van der Waals surface area contributed by atoms with Gasteiger partial charge >= 0.3 is 6.36 Å². The van der Waals surface area contributed by atoms with Crippen molar-refractivity contribution in [3.8, 4) is 17.0 Å². The first kappa shape index (κ1) is 25.1. The average molecular weight is 489 g/mol. The van der Waals surface area contributed by atoms with Gasteiger partial charge in [-0.1, -0.05) is 30.3 Å². The SMILES string of the molecule is CCN(CCCN1CCN(c2ccccc2)CC1)Cc1cc(-c2ccc(OC(F)(F)F)cc2)no1. The van der Waals surface area contributed by atoms with E-state index in [1.165, 1.54) is 30.0 Å². The Labute approximate surface area is 203 Å². The first-order chi connectivity index (χ1) is 16.9. The molecule has 1 fully saturated rings. The molecule has 0 aliphatic carbocycles. The van der Waals surface area contributed by atoms with Crippen LogP contribution >= 0.6 is 0 Å². The number of nitrogens with zero attached hydrogens (tertiary/aromatic N) is 4. The summed E-state index contributed by atoms with van der Waals surface area (Å²) in [6.45, 7) is 9.90. The third-order valence-corrected chi connectivity index (χ3v) is 6.21. The lowest BCUT2D eigenvalue weighted by molar-refractivity contribution is -0.274. The second-order valence-corrected chi connectivity index (χ2v) is 8.64. The topological polar surface area (TPSA) is 45.0 Å². The molecule has 0 amide bonds. The molecule has 0 atom stereocenters. The van der Waals surface area contributed by atoms with Crippen LogP contribution in [0.2, 0.25) is 0 Å². The smallest absolute Gasteiger partial charge is 0.406 e. The van der Waals surface area contributed by atoms with Crippen molar-refractivity contribution in [1.29, 1.82) is 0 Å². The summed E-state index contributed by atoms with van der Waals surface area (Å²) < 4.78 is 46.4. The Morgan fingerprint density at radius 3 is 2.37 bits per heavy atom. The lowest BCUT2D eigenvalue weighted by Crippen LogP contribution is -2.47. The highest BCUT2D eigenvalue weighted by molar-refractivity contribution is 5.59. The van der Waals surface area contributed by atoms with Crippen LogP contribution in [0.25, 0.3) is 11.3 Å². The molecule has 1 aliphatic rings. The van der Waals surface area contributed by atoms with Gasteiger partial charge in [0, 0.05) is 43.5 Å². The molecule has 2 heterocycles. The van der Waals surface area contributed by atoms with Crippen LogP contribution in [-0.4, -0.2) is 67.1 Å². The van der Waals surface area contributed by atoms with Gasteiger partial charge in [0.1, 0.15) is 11.4 Å². The highest BCUT2D eigenvalue weighted by Crippen LogP contribution is 2.26. The summed E-state index contributed by atoms with van der Waals surface area (Å²) in [5.74, 6) is 0.470. The zero-order chi connectivity index (χ0) is 24.7. The molecule has 6 nitrogen and oxygen atoms in total. The Morgan fingerprint density at radius 1 is 1.00 bits per heavy atom. The number of hydrogen-bond acceptors (Lipinski definition) is 6. The molecule has 188 valence electrons. The van der Waals surface area contributed by atoms with Gasteiger partial charge in [0.25, 0.3) is 0 Å². The van der Waals surface area contributed by atoms with Gasteiger partial charge in [-0.05, 0) is 62.5 Å². The largest absolute Gasteiger partial charge is 0.573 e. The monoisotopic (exact) mass is 488 g/mol. The molecule has 3 aromatic rings. The Balaban J connectivity index is 1.21. The number of benzene rings is 2. The van der Waals surface area contributed by atoms with Crippen molar-refractivity contribution in [2.75, 3.05) is 50.7 Å². The number of rotatable bonds is 10. The molecule has 1 saturated heterocycles. The van der Waals surface area contributed by atoms with Crippen molar-refractivity contribution in [2.24, 2.45) is 0 Å².